The number of methoxy groups -OCH3 is 1. The van der Waals surface area contributed by atoms with Gasteiger partial charge in [-0.15, -0.1) is 6.42 Å². The lowest BCUT2D eigenvalue weighted by atomic mass is 10.2. The summed E-state index contributed by atoms with van der Waals surface area (Å²) in [5.41, 5.74) is 0.452. The van der Waals surface area contributed by atoms with E-state index in [-0.39, 0.29) is 18.2 Å². The zero-order valence-corrected chi connectivity index (χ0v) is 14.0. The molecular formula is C19H19FN2O3. The van der Waals surface area contributed by atoms with Gasteiger partial charge >= 0.3 is 0 Å². The van der Waals surface area contributed by atoms with Crippen molar-refractivity contribution in [2.75, 3.05) is 19.0 Å². The maximum absolute atomic E-state index is 14.3. The molecule has 2 N–H and O–H groups in total. The summed E-state index contributed by atoms with van der Waals surface area (Å²) in [4.78, 5) is 11.8. The number of nitrogens with one attached hydrogen (secondary N) is 2. The number of halogens is 1. The third-order valence-electron chi connectivity index (χ3n) is 3.36. The molecule has 2 rings (SSSR count). The summed E-state index contributed by atoms with van der Waals surface area (Å²) in [7, 11) is 1.51. The summed E-state index contributed by atoms with van der Waals surface area (Å²) >= 11 is 0. The second-order valence-electron chi connectivity index (χ2n) is 5.19. The first-order chi connectivity index (χ1) is 12.0. The number of amides is 1. The standard InChI is InChI=1S/C19H19FN2O3/c1-4-11-21-19(23)13(2)22-14-9-10-16(15(20)12-14)25-18-8-6-5-7-17(18)24-3/h1,5-10,12-13,22H,11H2,2-3H3,(H,21,23)/t13-/m1/s1. The van der Waals surface area contributed by atoms with Crippen LogP contribution >= 0.6 is 0 Å². The summed E-state index contributed by atoms with van der Waals surface area (Å²) in [6.07, 6.45) is 5.09. The number of benzene rings is 2. The molecule has 0 bridgehead atoms. The highest BCUT2D eigenvalue weighted by Crippen LogP contribution is 2.33. The monoisotopic (exact) mass is 342 g/mol. The summed E-state index contributed by atoms with van der Waals surface area (Å²) in [6.45, 7) is 1.80. The van der Waals surface area contributed by atoms with Gasteiger partial charge in [0, 0.05) is 11.8 Å². The van der Waals surface area contributed by atoms with Crippen molar-refractivity contribution in [1.29, 1.82) is 0 Å². The molecular weight excluding hydrogens is 323 g/mol. The van der Waals surface area contributed by atoms with Crippen molar-refractivity contribution in [3.63, 3.8) is 0 Å². The van der Waals surface area contributed by atoms with Crippen LogP contribution in [-0.4, -0.2) is 25.6 Å². The van der Waals surface area contributed by atoms with Crippen molar-refractivity contribution < 1.29 is 18.7 Å². The van der Waals surface area contributed by atoms with Gasteiger partial charge in [0.2, 0.25) is 5.91 Å². The molecule has 0 radical (unpaired) electrons. The lowest BCUT2D eigenvalue weighted by Crippen LogP contribution is -2.37. The van der Waals surface area contributed by atoms with Crippen molar-refractivity contribution in [3.05, 3.63) is 48.3 Å². The van der Waals surface area contributed by atoms with Crippen molar-refractivity contribution >= 4 is 11.6 Å². The van der Waals surface area contributed by atoms with Crippen LogP contribution in [0.4, 0.5) is 10.1 Å². The molecule has 1 atom stereocenters. The van der Waals surface area contributed by atoms with Crippen molar-refractivity contribution in [3.8, 4) is 29.6 Å². The number of hydrogen-bond donors (Lipinski definition) is 2. The van der Waals surface area contributed by atoms with Gasteiger partial charge in [0.1, 0.15) is 6.04 Å². The minimum atomic E-state index is -0.563. The largest absolute Gasteiger partial charge is 0.493 e. The van der Waals surface area contributed by atoms with Gasteiger partial charge in [-0.1, -0.05) is 18.1 Å². The molecule has 0 spiro atoms. The lowest BCUT2D eigenvalue weighted by Gasteiger charge is -2.15. The van der Waals surface area contributed by atoms with Crippen LogP contribution in [-0.2, 0) is 4.79 Å². The third-order valence-corrected chi connectivity index (χ3v) is 3.36. The van der Waals surface area contributed by atoms with E-state index in [1.807, 2.05) is 0 Å². The van der Waals surface area contributed by atoms with E-state index in [0.717, 1.165) is 0 Å². The Hall–Kier alpha value is -3.20. The maximum Gasteiger partial charge on any atom is 0.242 e. The van der Waals surface area contributed by atoms with Gasteiger partial charge in [-0.3, -0.25) is 4.79 Å². The minimum absolute atomic E-state index is 0.0551. The first kappa shape index (κ1) is 18.1. The maximum atomic E-state index is 14.3. The van der Waals surface area contributed by atoms with Gasteiger partial charge < -0.3 is 20.1 Å². The van der Waals surface area contributed by atoms with E-state index in [4.69, 9.17) is 15.9 Å². The summed E-state index contributed by atoms with van der Waals surface area (Å²) < 4.78 is 25.0. The van der Waals surface area contributed by atoms with Gasteiger partial charge in [-0.25, -0.2) is 4.39 Å². The number of para-hydroxylation sites is 2. The molecule has 6 heteroatoms. The Morgan fingerprint density at radius 1 is 1.24 bits per heavy atom. The molecule has 0 heterocycles. The van der Waals surface area contributed by atoms with E-state index < -0.39 is 11.9 Å². The summed E-state index contributed by atoms with van der Waals surface area (Å²) in [5, 5.41) is 5.46. The molecule has 0 aliphatic rings. The number of anilines is 1. The normalized spacial score (nSPS) is 11.1. The molecule has 0 unspecified atom stereocenters. The van der Waals surface area contributed by atoms with Gasteiger partial charge in [-0.2, -0.15) is 0 Å². The fourth-order valence-electron chi connectivity index (χ4n) is 2.10. The molecule has 25 heavy (non-hydrogen) atoms. The number of hydrogen-bond acceptors (Lipinski definition) is 4. The Bertz CT molecular complexity index is 786. The quantitative estimate of drug-likeness (QED) is 0.759. The predicted octanol–water partition coefficient (Wildman–Crippen LogP) is 3.18. The molecule has 0 saturated carbocycles. The van der Waals surface area contributed by atoms with Crippen LogP contribution in [0.3, 0.4) is 0 Å². The molecule has 0 saturated heterocycles. The molecule has 5 nitrogen and oxygen atoms in total. The Labute approximate surface area is 146 Å². The zero-order valence-electron chi connectivity index (χ0n) is 14.0. The molecule has 0 aliphatic heterocycles. The Morgan fingerprint density at radius 2 is 1.96 bits per heavy atom. The van der Waals surface area contributed by atoms with Crippen LogP contribution in [0.5, 0.6) is 17.2 Å². The first-order valence-electron chi connectivity index (χ1n) is 7.63. The van der Waals surface area contributed by atoms with Gasteiger partial charge in [0.05, 0.1) is 13.7 Å². The van der Waals surface area contributed by atoms with Crippen LogP contribution in [0.2, 0.25) is 0 Å². The number of ether oxygens (including phenoxy) is 2. The van der Waals surface area contributed by atoms with Crippen LogP contribution in [0, 0.1) is 18.2 Å². The smallest absolute Gasteiger partial charge is 0.242 e. The summed E-state index contributed by atoms with van der Waals surface area (Å²) in [5.74, 6) is 2.45. The van der Waals surface area contributed by atoms with Crippen LogP contribution < -0.4 is 20.1 Å². The average molecular weight is 342 g/mol. The topological polar surface area (TPSA) is 59.6 Å². The number of rotatable bonds is 7. The highest BCUT2D eigenvalue weighted by Gasteiger charge is 2.14. The second-order valence-corrected chi connectivity index (χ2v) is 5.19. The van der Waals surface area contributed by atoms with E-state index >= 15 is 0 Å². The van der Waals surface area contributed by atoms with Gasteiger partial charge in [-0.05, 0) is 31.2 Å². The van der Waals surface area contributed by atoms with Gasteiger partial charge in [0.15, 0.2) is 23.1 Å². The fourth-order valence-corrected chi connectivity index (χ4v) is 2.10. The number of carbonyl (C=O) groups excluding carboxylic acids is 1. The molecule has 1 amide bonds. The Morgan fingerprint density at radius 3 is 2.60 bits per heavy atom. The van der Waals surface area contributed by atoms with Crippen molar-refractivity contribution in [2.45, 2.75) is 13.0 Å². The highest BCUT2D eigenvalue weighted by molar-refractivity contribution is 5.84. The van der Waals surface area contributed by atoms with E-state index in [9.17, 15) is 9.18 Å². The van der Waals surface area contributed by atoms with Crippen molar-refractivity contribution in [1.82, 2.24) is 5.32 Å². The average Bonchev–Trinajstić information content (AvgIpc) is 2.62. The molecule has 0 fully saturated rings. The molecule has 0 aromatic heterocycles. The van der Waals surface area contributed by atoms with E-state index in [2.05, 4.69) is 16.6 Å². The van der Waals surface area contributed by atoms with Crippen LogP contribution in [0.1, 0.15) is 6.92 Å². The zero-order chi connectivity index (χ0) is 18.2. The van der Waals surface area contributed by atoms with Crippen LogP contribution in [0.25, 0.3) is 0 Å². The van der Waals surface area contributed by atoms with E-state index in [1.54, 1.807) is 37.3 Å². The Kier molecular flexibility index (Phi) is 6.24. The van der Waals surface area contributed by atoms with E-state index in [0.29, 0.717) is 17.2 Å². The van der Waals surface area contributed by atoms with Gasteiger partial charge in [0.25, 0.3) is 0 Å². The molecule has 0 aliphatic carbocycles. The predicted molar refractivity (Wildman–Crippen MR) is 94.4 cm³/mol. The first-order valence-corrected chi connectivity index (χ1v) is 7.63. The van der Waals surface area contributed by atoms with E-state index in [1.165, 1.54) is 19.2 Å². The second kappa shape index (κ2) is 8.60. The molecule has 2 aromatic carbocycles. The summed E-state index contributed by atoms with van der Waals surface area (Å²) in [6, 6.07) is 10.8. The SMILES string of the molecule is C#CCNC(=O)[C@@H](C)Nc1ccc(Oc2ccccc2OC)c(F)c1. The molecule has 130 valence electrons. The lowest BCUT2D eigenvalue weighted by molar-refractivity contribution is -0.121. The molecule has 2 aromatic rings. The Balaban J connectivity index is 2.08. The number of terminal acetylenes is 1. The highest BCUT2D eigenvalue weighted by atomic mass is 19.1. The van der Waals surface area contributed by atoms with Crippen molar-refractivity contribution in [2.24, 2.45) is 0 Å². The third kappa shape index (κ3) is 4.88. The minimum Gasteiger partial charge on any atom is -0.493 e. The fraction of sp³-hybridized carbons (Fsp3) is 0.211. The van der Waals surface area contributed by atoms with Crippen LogP contribution in [0.15, 0.2) is 42.5 Å². The number of carbonyl (C=O) groups is 1.